The van der Waals surface area contributed by atoms with Gasteiger partial charge in [-0.2, -0.15) is 0 Å². The molecule has 5 rings (SSSR count). The van der Waals surface area contributed by atoms with Crippen LogP contribution in [0.15, 0.2) is 36.5 Å². The number of aromatic nitrogens is 1. The molecule has 2 fully saturated rings. The van der Waals surface area contributed by atoms with E-state index in [2.05, 4.69) is 25.8 Å². The van der Waals surface area contributed by atoms with Gasteiger partial charge in [0, 0.05) is 69.8 Å². The van der Waals surface area contributed by atoms with Crippen LogP contribution in [0.5, 0.6) is 0 Å². The zero-order valence-electron chi connectivity index (χ0n) is 21.2. The number of anilines is 4. The van der Waals surface area contributed by atoms with Gasteiger partial charge in [0.1, 0.15) is 11.9 Å². The summed E-state index contributed by atoms with van der Waals surface area (Å²) in [5.74, 6) is 0.468. The third kappa shape index (κ3) is 5.17. The predicted octanol–water partition coefficient (Wildman–Crippen LogP) is 1.93. The zero-order chi connectivity index (χ0) is 25.9. The van der Waals surface area contributed by atoms with Gasteiger partial charge in [0.25, 0.3) is 5.91 Å². The Morgan fingerprint density at radius 2 is 2.00 bits per heavy atom. The van der Waals surface area contributed by atoms with E-state index in [4.69, 9.17) is 4.74 Å². The molecule has 3 aliphatic rings. The van der Waals surface area contributed by atoms with Gasteiger partial charge >= 0.3 is 6.03 Å². The maximum atomic E-state index is 12.9. The van der Waals surface area contributed by atoms with Crippen molar-refractivity contribution in [3.8, 4) is 0 Å². The Morgan fingerprint density at radius 1 is 1.19 bits per heavy atom. The van der Waals surface area contributed by atoms with E-state index in [0.717, 1.165) is 29.9 Å². The number of hydrogen-bond acceptors (Lipinski definition) is 7. The van der Waals surface area contributed by atoms with E-state index in [9.17, 15) is 14.4 Å². The lowest BCUT2D eigenvalue weighted by Crippen LogP contribution is -2.55. The minimum absolute atomic E-state index is 0.0468. The van der Waals surface area contributed by atoms with Crippen molar-refractivity contribution in [1.82, 2.24) is 20.5 Å². The fourth-order valence-electron chi connectivity index (χ4n) is 5.19. The van der Waals surface area contributed by atoms with Crippen LogP contribution in [0, 0.1) is 0 Å². The molecule has 0 saturated carbocycles. The summed E-state index contributed by atoms with van der Waals surface area (Å²) < 4.78 is 5.55. The van der Waals surface area contributed by atoms with Crippen LogP contribution < -0.4 is 25.8 Å². The number of urea groups is 1. The highest BCUT2D eigenvalue weighted by atomic mass is 16.5. The molecule has 37 heavy (non-hydrogen) atoms. The van der Waals surface area contributed by atoms with Gasteiger partial charge in [-0.15, -0.1) is 0 Å². The van der Waals surface area contributed by atoms with Crippen molar-refractivity contribution in [2.45, 2.75) is 31.8 Å². The Kier molecular flexibility index (Phi) is 7.13. The average molecular weight is 508 g/mol. The van der Waals surface area contributed by atoms with Crippen LogP contribution in [-0.4, -0.2) is 86.3 Å². The van der Waals surface area contributed by atoms with E-state index in [1.54, 1.807) is 35.2 Å². The zero-order valence-corrected chi connectivity index (χ0v) is 21.2. The number of amides is 4. The maximum Gasteiger partial charge on any atom is 0.317 e. The number of ether oxygens (including phenoxy) is 1. The SMILES string of the molecule is CC1C(=O)N(C)c2cnc(Nc3cccc(C(=O)NCCN4CCNC4=O)c3)cc2N1C1CCOCC1. The molecule has 196 valence electrons. The van der Waals surface area contributed by atoms with Gasteiger partial charge in [0.05, 0.1) is 17.6 Å². The van der Waals surface area contributed by atoms with Crippen molar-refractivity contribution in [3.63, 3.8) is 0 Å². The quantitative estimate of drug-likeness (QED) is 0.524. The first-order valence-electron chi connectivity index (χ1n) is 12.7. The number of carbonyl (C=O) groups excluding carboxylic acids is 3. The molecule has 0 spiro atoms. The van der Waals surface area contributed by atoms with Crippen LogP contribution in [0.2, 0.25) is 0 Å². The molecule has 11 nitrogen and oxygen atoms in total. The van der Waals surface area contributed by atoms with Crippen LogP contribution in [0.1, 0.15) is 30.1 Å². The topological polar surface area (TPSA) is 119 Å². The van der Waals surface area contributed by atoms with E-state index < -0.39 is 0 Å². The smallest absolute Gasteiger partial charge is 0.317 e. The number of carbonyl (C=O) groups is 3. The summed E-state index contributed by atoms with van der Waals surface area (Å²) in [6.45, 7) is 5.44. The van der Waals surface area contributed by atoms with Crippen LogP contribution in [0.4, 0.5) is 27.7 Å². The number of nitrogens with zero attached hydrogens (tertiary/aromatic N) is 4. The first-order chi connectivity index (χ1) is 17.9. The fourth-order valence-corrected chi connectivity index (χ4v) is 5.19. The molecular formula is C26H33N7O4. The Balaban J connectivity index is 1.30. The summed E-state index contributed by atoms with van der Waals surface area (Å²) >= 11 is 0. The van der Waals surface area contributed by atoms with Gasteiger partial charge in [0.2, 0.25) is 5.91 Å². The van der Waals surface area contributed by atoms with Gasteiger partial charge in [-0.1, -0.05) is 6.07 Å². The number of likely N-dealkylation sites (N-methyl/N-ethyl adjacent to an activating group) is 1. The van der Waals surface area contributed by atoms with Gasteiger partial charge < -0.3 is 35.4 Å². The Labute approximate surface area is 216 Å². The number of pyridine rings is 1. The fraction of sp³-hybridized carbons (Fsp3) is 0.462. The third-order valence-electron chi connectivity index (χ3n) is 7.20. The molecular weight excluding hydrogens is 474 g/mol. The lowest BCUT2D eigenvalue weighted by atomic mass is 10.00. The Bertz CT molecular complexity index is 1180. The number of nitrogens with one attached hydrogen (secondary N) is 3. The van der Waals surface area contributed by atoms with Gasteiger partial charge in [-0.05, 0) is 38.0 Å². The highest BCUT2D eigenvalue weighted by molar-refractivity contribution is 6.05. The second-order valence-corrected chi connectivity index (χ2v) is 9.56. The largest absolute Gasteiger partial charge is 0.381 e. The molecule has 0 bridgehead atoms. The molecule has 3 N–H and O–H groups in total. The standard InChI is InChI=1S/C26H33N7O4/c1-17-25(35)31(2)22-16-29-23(15-21(22)33(17)20-6-12-37-13-7-20)30-19-5-3-4-18(14-19)24(34)27-8-10-32-11-9-28-26(32)36/h3-5,14-17,20H,6-13H2,1-2H3,(H,27,34)(H,28,36)(H,29,30). The molecule has 1 atom stereocenters. The number of hydrogen-bond donors (Lipinski definition) is 3. The minimum Gasteiger partial charge on any atom is -0.381 e. The molecule has 3 aliphatic heterocycles. The van der Waals surface area contributed by atoms with Crippen LogP contribution in [0.25, 0.3) is 0 Å². The summed E-state index contributed by atoms with van der Waals surface area (Å²) in [6, 6.07) is 9.01. The lowest BCUT2D eigenvalue weighted by Gasteiger charge is -2.45. The molecule has 11 heteroatoms. The van der Waals surface area contributed by atoms with Gasteiger partial charge in [0.15, 0.2) is 0 Å². The molecule has 1 aromatic carbocycles. The minimum atomic E-state index is -0.283. The third-order valence-corrected chi connectivity index (χ3v) is 7.20. The molecule has 0 radical (unpaired) electrons. The van der Waals surface area contributed by atoms with E-state index >= 15 is 0 Å². The van der Waals surface area contributed by atoms with E-state index in [1.807, 2.05) is 25.1 Å². The first-order valence-corrected chi connectivity index (χ1v) is 12.7. The summed E-state index contributed by atoms with van der Waals surface area (Å²) in [7, 11) is 1.78. The second-order valence-electron chi connectivity index (χ2n) is 9.56. The molecule has 4 amide bonds. The summed E-state index contributed by atoms with van der Waals surface area (Å²) in [5.41, 5.74) is 2.97. The lowest BCUT2D eigenvalue weighted by molar-refractivity contribution is -0.119. The van der Waals surface area contributed by atoms with Crippen molar-refractivity contribution in [1.29, 1.82) is 0 Å². The Hall–Kier alpha value is -3.86. The monoisotopic (exact) mass is 507 g/mol. The van der Waals surface area contributed by atoms with Gasteiger partial charge in [-0.25, -0.2) is 9.78 Å². The Morgan fingerprint density at radius 3 is 2.76 bits per heavy atom. The van der Waals surface area contributed by atoms with Crippen LogP contribution in [0.3, 0.4) is 0 Å². The average Bonchev–Trinajstić information content (AvgIpc) is 3.32. The number of rotatable bonds is 7. The summed E-state index contributed by atoms with van der Waals surface area (Å²) in [6.07, 6.45) is 3.45. The molecule has 1 unspecified atom stereocenters. The molecule has 0 aliphatic carbocycles. The van der Waals surface area contributed by atoms with Crippen LogP contribution in [-0.2, 0) is 9.53 Å². The van der Waals surface area contributed by atoms with E-state index in [1.165, 1.54) is 0 Å². The predicted molar refractivity (Wildman–Crippen MR) is 140 cm³/mol. The van der Waals surface area contributed by atoms with Crippen molar-refractivity contribution in [3.05, 3.63) is 42.1 Å². The molecule has 4 heterocycles. The number of fused-ring (bicyclic) bond motifs is 1. The maximum absolute atomic E-state index is 12.9. The van der Waals surface area contributed by atoms with Crippen LogP contribution >= 0.6 is 0 Å². The second kappa shape index (κ2) is 10.6. The summed E-state index contributed by atoms with van der Waals surface area (Å²) in [5, 5.41) is 8.94. The van der Waals surface area contributed by atoms with Gasteiger partial charge in [-0.3, -0.25) is 9.59 Å². The summed E-state index contributed by atoms with van der Waals surface area (Å²) in [4.78, 5) is 47.4. The normalized spacial score (nSPS) is 20.1. The van der Waals surface area contributed by atoms with E-state index in [0.29, 0.717) is 50.8 Å². The van der Waals surface area contributed by atoms with Crippen molar-refractivity contribution in [2.24, 2.45) is 0 Å². The number of benzene rings is 1. The van der Waals surface area contributed by atoms with Crippen molar-refractivity contribution >= 4 is 40.7 Å². The van der Waals surface area contributed by atoms with Crippen molar-refractivity contribution in [2.75, 3.05) is 61.6 Å². The highest BCUT2D eigenvalue weighted by Crippen LogP contribution is 2.39. The van der Waals surface area contributed by atoms with E-state index in [-0.39, 0.29) is 29.9 Å². The van der Waals surface area contributed by atoms with Crippen molar-refractivity contribution < 1.29 is 19.1 Å². The molecule has 1 aromatic heterocycles. The highest BCUT2D eigenvalue weighted by Gasteiger charge is 2.38. The molecule has 2 aromatic rings. The first kappa shape index (κ1) is 24.8. The molecule has 2 saturated heterocycles.